The van der Waals surface area contributed by atoms with Gasteiger partial charge in [-0.15, -0.1) is 11.8 Å². The zero-order valence-corrected chi connectivity index (χ0v) is 15.3. The first-order chi connectivity index (χ1) is 12.6. The van der Waals surface area contributed by atoms with Gasteiger partial charge < -0.3 is 10.6 Å². The molecule has 3 rings (SSSR count). The molecule has 1 aliphatic heterocycles. The van der Waals surface area contributed by atoms with Crippen molar-refractivity contribution in [3.63, 3.8) is 0 Å². The van der Waals surface area contributed by atoms with Crippen LogP contribution in [0.1, 0.15) is 18.1 Å². The average Bonchev–Trinajstić information content (AvgIpc) is 2.65. The Bertz CT molecular complexity index is 795. The van der Waals surface area contributed by atoms with Crippen LogP contribution in [0.2, 0.25) is 0 Å². The van der Waals surface area contributed by atoms with E-state index < -0.39 is 6.04 Å². The summed E-state index contributed by atoms with van der Waals surface area (Å²) in [6.45, 7) is 2.03. The number of nitrogens with one attached hydrogen (secondary N) is 2. The SMILES string of the molecule is CCc1ccccc1NC(=O)[C@@H]1CS[C@@H](Cc2ccc(F)cc2)C(=O)N1. The summed E-state index contributed by atoms with van der Waals surface area (Å²) in [6.07, 6.45) is 1.34. The second kappa shape index (κ2) is 8.36. The molecule has 0 spiro atoms. The first-order valence-electron chi connectivity index (χ1n) is 8.62. The molecule has 2 aromatic rings. The molecule has 2 aromatic carbocycles. The van der Waals surface area contributed by atoms with Crippen LogP contribution < -0.4 is 10.6 Å². The van der Waals surface area contributed by atoms with Crippen LogP contribution in [0.25, 0.3) is 0 Å². The highest BCUT2D eigenvalue weighted by Crippen LogP contribution is 2.23. The van der Waals surface area contributed by atoms with E-state index in [1.54, 1.807) is 12.1 Å². The zero-order valence-electron chi connectivity index (χ0n) is 14.5. The highest BCUT2D eigenvalue weighted by atomic mass is 32.2. The Morgan fingerprint density at radius 3 is 2.65 bits per heavy atom. The number of benzene rings is 2. The van der Waals surface area contributed by atoms with E-state index in [2.05, 4.69) is 10.6 Å². The van der Waals surface area contributed by atoms with E-state index in [0.29, 0.717) is 12.2 Å². The summed E-state index contributed by atoms with van der Waals surface area (Å²) in [5.74, 6) is -0.141. The maximum absolute atomic E-state index is 13.0. The fraction of sp³-hybridized carbons (Fsp3) is 0.300. The number of para-hydroxylation sites is 1. The number of hydrogen-bond acceptors (Lipinski definition) is 3. The molecule has 2 N–H and O–H groups in total. The molecule has 1 saturated heterocycles. The predicted molar refractivity (Wildman–Crippen MR) is 103 cm³/mol. The van der Waals surface area contributed by atoms with Gasteiger partial charge >= 0.3 is 0 Å². The first-order valence-corrected chi connectivity index (χ1v) is 9.67. The van der Waals surface area contributed by atoms with Crippen molar-refractivity contribution in [1.29, 1.82) is 0 Å². The molecule has 1 aliphatic rings. The maximum atomic E-state index is 13.0. The van der Waals surface area contributed by atoms with Crippen molar-refractivity contribution in [3.05, 3.63) is 65.5 Å². The molecule has 0 saturated carbocycles. The van der Waals surface area contributed by atoms with Gasteiger partial charge in [0, 0.05) is 11.4 Å². The average molecular weight is 372 g/mol. The molecular weight excluding hydrogens is 351 g/mol. The van der Waals surface area contributed by atoms with Crippen molar-refractivity contribution in [2.24, 2.45) is 0 Å². The van der Waals surface area contributed by atoms with Crippen LogP contribution in [0.4, 0.5) is 10.1 Å². The summed E-state index contributed by atoms with van der Waals surface area (Å²) in [6, 6.07) is 13.3. The number of anilines is 1. The number of aryl methyl sites for hydroxylation is 1. The van der Waals surface area contributed by atoms with Crippen molar-refractivity contribution in [1.82, 2.24) is 5.32 Å². The van der Waals surface area contributed by atoms with Gasteiger partial charge in [0.15, 0.2) is 0 Å². The Hall–Kier alpha value is -2.34. The molecule has 4 nitrogen and oxygen atoms in total. The lowest BCUT2D eigenvalue weighted by atomic mass is 10.1. The van der Waals surface area contributed by atoms with E-state index in [9.17, 15) is 14.0 Å². The summed E-state index contributed by atoms with van der Waals surface area (Å²) in [4.78, 5) is 24.9. The molecule has 1 fully saturated rings. The lowest BCUT2D eigenvalue weighted by molar-refractivity contribution is -0.126. The number of carbonyl (C=O) groups is 2. The van der Waals surface area contributed by atoms with Gasteiger partial charge in [0.2, 0.25) is 11.8 Å². The Labute approximate surface area is 156 Å². The summed E-state index contributed by atoms with van der Waals surface area (Å²) in [5.41, 5.74) is 2.75. The normalized spacial score (nSPS) is 19.7. The second-order valence-electron chi connectivity index (χ2n) is 6.21. The Balaban J connectivity index is 1.58. The predicted octanol–water partition coefficient (Wildman–Crippen LogP) is 3.17. The summed E-state index contributed by atoms with van der Waals surface area (Å²) in [5, 5.41) is 5.45. The molecular formula is C20H21FN2O2S. The molecule has 0 bridgehead atoms. The van der Waals surface area contributed by atoms with E-state index in [0.717, 1.165) is 23.2 Å². The van der Waals surface area contributed by atoms with Crippen LogP contribution in [-0.2, 0) is 22.4 Å². The third kappa shape index (κ3) is 4.43. The topological polar surface area (TPSA) is 58.2 Å². The Kier molecular flexibility index (Phi) is 5.93. The molecule has 0 radical (unpaired) electrons. The molecule has 26 heavy (non-hydrogen) atoms. The van der Waals surface area contributed by atoms with Gasteiger partial charge in [0.1, 0.15) is 11.9 Å². The molecule has 0 aromatic heterocycles. The minimum atomic E-state index is -0.554. The Morgan fingerprint density at radius 1 is 1.23 bits per heavy atom. The van der Waals surface area contributed by atoms with Crippen molar-refractivity contribution in [2.45, 2.75) is 31.1 Å². The van der Waals surface area contributed by atoms with Crippen LogP contribution in [0.3, 0.4) is 0 Å². The molecule has 6 heteroatoms. The number of amides is 2. The summed E-state index contributed by atoms with van der Waals surface area (Å²) >= 11 is 1.46. The number of rotatable bonds is 5. The van der Waals surface area contributed by atoms with Crippen LogP contribution in [0.15, 0.2) is 48.5 Å². The van der Waals surface area contributed by atoms with Crippen molar-refractivity contribution in [2.75, 3.05) is 11.1 Å². The van der Waals surface area contributed by atoms with Gasteiger partial charge in [-0.05, 0) is 42.2 Å². The minimum Gasteiger partial charge on any atom is -0.343 e. The lowest BCUT2D eigenvalue weighted by Crippen LogP contribution is -2.52. The van der Waals surface area contributed by atoms with Crippen LogP contribution >= 0.6 is 11.8 Å². The van der Waals surface area contributed by atoms with Gasteiger partial charge in [0.25, 0.3) is 0 Å². The molecule has 1 heterocycles. The molecule has 0 unspecified atom stereocenters. The van der Waals surface area contributed by atoms with Gasteiger partial charge in [-0.3, -0.25) is 9.59 Å². The fourth-order valence-corrected chi connectivity index (χ4v) is 4.08. The number of carbonyl (C=O) groups excluding carboxylic acids is 2. The van der Waals surface area contributed by atoms with E-state index >= 15 is 0 Å². The summed E-state index contributed by atoms with van der Waals surface area (Å²) in [7, 11) is 0. The minimum absolute atomic E-state index is 0.158. The molecule has 2 amide bonds. The van der Waals surface area contributed by atoms with Crippen LogP contribution in [0.5, 0.6) is 0 Å². The molecule has 136 valence electrons. The standard InChI is InChI=1S/C20H21FN2O2S/c1-2-14-5-3-4-6-16(14)22-19(24)17-12-26-18(20(25)23-17)11-13-7-9-15(21)10-8-13/h3-10,17-18H,2,11-12H2,1H3,(H,22,24)(H,23,25)/t17-,18-/m0/s1. The van der Waals surface area contributed by atoms with Crippen molar-refractivity contribution in [3.8, 4) is 0 Å². The largest absolute Gasteiger partial charge is 0.343 e. The number of halogens is 1. The third-order valence-electron chi connectivity index (χ3n) is 4.38. The van der Waals surface area contributed by atoms with Gasteiger partial charge in [-0.2, -0.15) is 0 Å². The highest BCUT2D eigenvalue weighted by molar-refractivity contribution is 8.00. The number of hydrogen-bond donors (Lipinski definition) is 2. The van der Waals surface area contributed by atoms with Crippen molar-refractivity contribution < 1.29 is 14.0 Å². The maximum Gasteiger partial charge on any atom is 0.247 e. The number of thioether (sulfide) groups is 1. The quantitative estimate of drug-likeness (QED) is 0.848. The summed E-state index contributed by atoms with van der Waals surface area (Å²) < 4.78 is 13.0. The van der Waals surface area contributed by atoms with Crippen LogP contribution in [0, 0.1) is 5.82 Å². The van der Waals surface area contributed by atoms with Crippen LogP contribution in [-0.4, -0.2) is 28.9 Å². The lowest BCUT2D eigenvalue weighted by Gasteiger charge is -2.28. The van der Waals surface area contributed by atoms with E-state index in [4.69, 9.17) is 0 Å². The monoisotopic (exact) mass is 372 g/mol. The van der Waals surface area contributed by atoms with Gasteiger partial charge in [0.05, 0.1) is 5.25 Å². The van der Waals surface area contributed by atoms with Crippen molar-refractivity contribution >= 4 is 29.3 Å². The molecule has 0 aliphatic carbocycles. The highest BCUT2D eigenvalue weighted by Gasteiger charge is 2.32. The smallest absolute Gasteiger partial charge is 0.247 e. The van der Waals surface area contributed by atoms with Gasteiger partial charge in [-0.25, -0.2) is 4.39 Å². The third-order valence-corrected chi connectivity index (χ3v) is 5.69. The van der Waals surface area contributed by atoms with Gasteiger partial charge in [-0.1, -0.05) is 37.3 Å². The van der Waals surface area contributed by atoms with E-state index in [-0.39, 0.29) is 22.9 Å². The fourth-order valence-electron chi connectivity index (χ4n) is 2.89. The van der Waals surface area contributed by atoms with E-state index in [1.165, 1.54) is 23.9 Å². The van der Waals surface area contributed by atoms with E-state index in [1.807, 2.05) is 31.2 Å². The Morgan fingerprint density at radius 2 is 1.96 bits per heavy atom. The molecule has 2 atom stereocenters. The second-order valence-corrected chi connectivity index (χ2v) is 7.45. The zero-order chi connectivity index (χ0) is 18.5. The first kappa shape index (κ1) is 18.5.